The van der Waals surface area contributed by atoms with Gasteiger partial charge in [0.25, 0.3) is 0 Å². The molecule has 0 aromatic heterocycles. The molecule has 1 aliphatic heterocycles. The predicted octanol–water partition coefficient (Wildman–Crippen LogP) is 4.92. The smallest absolute Gasteiger partial charge is 0.118 e. The molecule has 0 amide bonds. The van der Waals surface area contributed by atoms with E-state index in [0.717, 1.165) is 37.9 Å². The Morgan fingerprint density at radius 3 is 2.31 bits per heavy atom. The highest BCUT2D eigenvalue weighted by molar-refractivity contribution is 6.00. The van der Waals surface area contributed by atoms with Crippen LogP contribution in [0.2, 0.25) is 0 Å². The highest BCUT2D eigenvalue weighted by atomic mass is 16.6. The van der Waals surface area contributed by atoms with Crippen molar-refractivity contribution < 1.29 is 4.84 Å². The molecule has 2 aromatic carbocycles. The second-order valence-electron chi connectivity index (χ2n) is 6.98. The third-order valence-electron chi connectivity index (χ3n) is 4.91. The van der Waals surface area contributed by atoms with Gasteiger partial charge in [0, 0.05) is 6.54 Å². The molecule has 1 saturated heterocycles. The number of hydrogen-bond acceptors (Lipinski definition) is 3. The molecule has 2 aromatic rings. The number of oxime groups is 1. The summed E-state index contributed by atoms with van der Waals surface area (Å²) in [5.41, 5.74) is 3.61. The van der Waals surface area contributed by atoms with Gasteiger partial charge in [0.1, 0.15) is 6.61 Å². The first-order valence-corrected chi connectivity index (χ1v) is 9.92. The van der Waals surface area contributed by atoms with Gasteiger partial charge in [-0.15, -0.1) is 0 Å². The normalized spacial score (nSPS) is 15.3. The summed E-state index contributed by atoms with van der Waals surface area (Å²) in [6.45, 7) is 4.33. The minimum Gasteiger partial charge on any atom is -0.396 e. The van der Waals surface area contributed by atoms with Crippen LogP contribution < -0.4 is 0 Å². The molecule has 0 spiro atoms. The molecule has 0 unspecified atom stereocenters. The monoisotopic (exact) mass is 350 g/mol. The highest BCUT2D eigenvalue weighted by Crippen LogP contribution is 2.11. The van der Waals surface area contributed by atoms with Crippen LogP contribution in [0.5, 0.6) is 0 Å². The van der Waals surface area contributed by atoms with Crippen LogP contribution in [0, 0.1) is 0 Å². The molecule has 0 radical (unpaired) electrons. The minimum absolute atomic E-state index is 0.700. The van der Waals surface area contributed by atoms with E-state index in [2.05, 4.69) is 64.7 Å². The largest absolute Gasteiger partial charge is 0.396 e. The molecule has 0 saturated carbocycles. The summed E-state index contributed by atoms with van der Waals surface area (Å²) in [4.78, 5) is 8.19. The van der Waals surface area contributed by atoms with Gasteiger partial charge in [-0.3, -0.25) is 0 Å². The lowest BCUT2D eigenvalue weighted by Gasteiger charge is -2.13. The fourth-order valence-corrected chi connectivity index (χ4v) is 3.46. The summed E-state index contributed by atoms with van der Waals surface area (Å²) in [7, 11) is 0. The van der Waals surface area contributed by atoms with Crippen molar-refractivity contribution in [2.75, 3.05) is 26.2 Å². The van der Waals surface area contributed by atoms with Gasteiger partial charge in [0.2, 0.25) is 0 Å². The minimum atomic E-state index is 0.700. The number of likely N-dealkylation sites (tertiary alicyclic amines) is 1. The highest BCUT2D eigenvalue weighted by Gasteiger charge is 2.10. The van der Waals surface area contributed by atoms with E-state index in [9.17, 15) is 0 Å². The van der Waals surface area contributed by atoms with E-state index in [1.165, 1.54) is 37.1 Å². The number of benzene rings is 2. The maximum Gasteiger partial charge on any atom is 0.118 e. The fourth-order valence-electron chi connectivity index (χ4n) is 3.46. The molecule has 0 N–H and O–H groups in total. The second-order valence-corrected chi connectivity index (χ2v) is 6.98. The zero-order valence-electron chi connectivity index (χ0n) is 15.6. The molecule has 1 aliphatic rings. The van der Waals surface area contributed by atoms with Crippen molar-refractivity contribution in [2.45, 2.75) is 38.5 Å². The van der Waals surface area contributed by atoms with Crippen LogP contribution in [0.3, 0.4) is 0 Å². The van der Waals surface area contributed by atoms with Crippen LogP contribution in [-0.2, 0) is 11.3 Å². The van der Waals surface area contributed by atoms with E-state index in [1.54, 1.807) is 0 Å². The van der Waals surface area contributed by atoms with Crippen LogP contribution in [0.25, 0.3) is 0 Å². The van der Waals surface area contributed by atoms with Crippen molar-refractivity contribution in [3.63, 3.8) is 0 Å². The van der Waals surface area contributed by atoms with Crippen LogP contribution in [0.15, 0.2) is 65.8 Å². The maximum atomic E-state index is 5.67. The number of rotatable bonds is 10. The summed E-state index contributed by atoms with van der Waals surface area (Å²) in [5.74, 6) is 0. The quantitative estimate of drug-likeness (QED) is 0.345. The third-order valence-corrected chi connectivity index (χ3v) is 4.91. The van der Waals surface area contributed by atoms with Crippen molar-refractivity contribution in [3.05, 3.63) is 71.8 Å². The zero-order valence-corrected chi connectivity index (χ0v) is 15.6. The Morgan fingerprint density at radius 1 is 0.885 bits per heavy atom. The summed E-state index contributed by atoms with van der Waals surface area (Å²) in [5, 5.41) is 4.49. The first-order valence-electron chi connectivity index (χ1n) is 9.92. The lowest BCUT2D eigenvalue weighted by molar-refractivity contribution is 0.132. The van der Waals surface area contributed by atoms with Crippen molar-refractivity contribution in [3.8, 4) is 0 Å². The van der Waals surface area contributed by atoms with E-state index < -0.39 is 0 Å². The predicted molar refractivity (Wildman–Crippen MR) is 109 cm³/mol. The Morgan fingerprint density at radius 2 is 1.58 bits per heavy atom. The van der Waals surface area contributed by atoms with Crippen LogP contribution in [0.4, 0.5) is 0 Å². The number of hydrogen-bond donors (Lipinski definition) is 0. The Labute approximate surface area is 157 Å². The number of aryl methyl sites for hydroxylation is 1. The van der Waals surface area contributed by atoms with Crippen molar-refractivity contribution in [1.82, 2.24) is 4.90 Å². The van der Waals surface area contributed by atoms with E-state index in [-0.39, 0.29) is 0 Å². The summed E-state index contributed by atoms with van der Waals surface area (Å²) < 4.78 is 0. The molecular formula is C23H30N2O. The molecule has 138 valence electrons. The van der Waals surface area contributed by atoms with E-state index in [1.807, 2.05) is 6.07 Å². The standard InChI is InChI=1S/C23H30N2O/c1-3-11-21(12-4-1)13-9-16-23(22-14-5-2-6-15-22)24-26-20-10-19-25-17-7-8-18-25/h1-6,11-12,14-15H,7-10,13,16-20H2/b24-23+. The number of nitrogens with zero attached hydrogens (tertiary/aromatic N) is 2. The maximum absolute atomic E-state index is 5.67. The van der Waals surface area contributed by atoms with Gasteiger partial charge in [0.15, 0.2) is 0 Å². The molecule has 3 rings (SSSR count). The third kappa shape index (κ3) is 6.30. The topological polar surface area (TPSA) is 24.8 Å². The first-order chi connectivity index (χ1) is 12.9. The van der Waals surface area contributed by atoms with Crippen LogP contribution >= 0.6 is 0 Å². The van der Waals surface area contributed by atoms with Crippen LogP contribution in [-0.4, -0.2) is 36.9 Å². The summed E-state index contributed by atoms with van der Waals surface area (Å²) >= 11 is 0. The van der Waals surface area contributed by atoms with Gasteiger partial charge in [0.05, 0.1) is 5.71 Å². The molecular weight excluding hydrogens is 320 g/mol. The lowest BCUT2D eigenvalue weighted by atomic mass is 10.0. The van der Waals surface area contributed by atoms with Gasteiger partial charge in [-0.05, 0) is 62.7 Å². The molecule has 3 nitrogen and oxygen atoms in total. The van der Waals surface area contributed by atoms with E-state index in [4.69, 9.17) is 4.84 Å². The summed E-state index contributed by atoms with van der Waals surface area (Å²) in [6, 6.07) is 21.1. The van der Waals surface area contributed by atoms with Crippen molar-refractivity contribution in [2.24, 2.45) is 5.16 Å². The van der Waals surface area contributed by atoms with Gasteiger partial charge in [-0.2, -0.15) is 0 Å². The van der Waals surface area contributed by atoms with E-state index in [0.29, 0.717) is 6.61 Å². The zero-order chi connectivity index (χ0) is 17.9. The molecule has 0 bridgehead atoms. The Balaban J connectivity index is 1.47. The fraction of sp³-hybridized carbons (Fsp3) is 0.435. The second kappa shape index (κ2) is 10.8. The lowest BCUT2D eigenvalue weighted by Crippen LogP contribution is -2.21. The SMILES string of the molecule is c1ccc(CCC/C(=N\OCCCN2CCCC2)c2ccccc2)cc1. The molecule has 1 fully saturated rings. The Hall–Kier alpha value is -2.13. The molecule has 26 heavy (non-hydrogen) atoms. The summed E-state index contributed by atoms with van der Waals surface area (Å²) in [6.07, 6.45) is 6.83. The molecule has 0 atom stereocenters. The van der Waals surface area contributed by atoms with Gasteiger partial charge in [-0.25, -0.2) is 0 Å². The average molecular weight is 351 g/mol. The van der Waals surface area contributed by atoms with Crippen molar-refractivity contribution in [1.29, 1.82) is 0 Å². The van der Waals surface area contributed by atoms with Gasteiger partial charge in [-0.1, -0.05) is 65.8 Å². The molecule has 3 heteroatoms. The van der Waals surface area contributed by atoms with Gasteiger partial charge >= 0.3 is 0 Å². The first kappa shape index (κ1) is 18.7. The molecule has 1 heterocycles. The Kier molecular flexibility index (Phi) is 7.73. The van der Waals surface area contributed by atoms with Crippen molar-refractivity contribution >= 4 is 5.71 Å². The molecule has 0 aliphatic carbocycles. The Bertz CT molecular complexity index is 648. The van der Waals surface area contributed by atoms with Gasteiger partial charge < -0.3 is 9.74 Å². The van der Waals surface area contributed by atoms with E-state index >= 15 is 0 Å². The average Bonchev–Trinajstić information content (AvgIpc) is 3.21. The van der Waals surface area contributed by atoms with Crippen LogP contribution in [0.1, 0.15) is 43.2 Å².